The molecule has 0 radical (unpaired) electrons. The Morgan fingerprint density at radius 1 is 1.41 bits per heavy atom. The molecule has 10 heteroatoms. The molecule has 0 spiro atoms. The highest BCUT2D eigenvalue weighted by molar-refractivity contribution is 5.80. The molecular formula is C17H25F3N6O. The van der Waals surface area contributed by atoms with E-state index in [0.29, 0.717) is 32.0 Å². The molecule has 2 rings (SSSR count). The van der Waals surface area contributed by atoms with Crippen LogP contribution in [0.4, 0.5) is 19.0 Å². The van der Waals surface area contributed by atoms with Crippen LogP contribution in [0.2, 0.25) is 0 Å². The van der Waals surface area contributed by atoms with Crippen molar-refractivity contribution in [3.8, 4) is 0 Å². The van der Waals surface area contributed by atoms with Crippen molar-refractivity contribution < 1.29 is 18.0 Å². The number of carbonyl (C=O) groups excluding carboxylic acids is 1. The maximum Gasteiger partial charge on any atom is 0.419 e. The molecule has 1 aliphatic heterocycles. The first-order valence-corrected chi connectivity index (χ1v) is 8.86. The molecule has 1 fully saturated rings. The number of nitrogens with one attached hydrogen (secondary N) is 3. The minimum atomic E-state index is -4.45. The first-order chi connectivity index (χ1) is 12.8. The van der Waals surface area contributed by atoms with Crippen LogP contribution in [0.1, 0.15) is 25.3 Å². The summed E-state index contributed by atoms with van der Waals surface area (Å²) in [6.45, 7) is 3.77. The monoisotopic (exact) mass is 386 g/mol. The van der Waals surface area contributed by atoms with Crippen LogP contribution in [-0.4, -0.2) is 61.0 Å². The van der Waals surface area contributed by atoms with Gasteiger partial charge >= 0.3 is 6.18 Å². The number of aromatic nitrogens is 1. The summed E-state index contributed by atoms with van der Waals surface area (Å²) in [6.07, 6.45) is -1.83. The number of guanidine groups is 1. The molecule has 1 atom stereocenters. The van der Waals surface area contributed by atoms with Gasteiger partial charge in [-0.2, -0.15) is 13.2 Å². The SMILES string of the molecule is CCC(=O)N1CCC(NC(=NC)NCCNc2ncccc2C(F)(F)F)C1. The maximum absolute atomic E-state index is 12.9. The molecule has 0 saturated carbocycles. The van der Waals surface area contributed by atoms with Gasteiger partial charge in [-0.05, 0) is 18.6 Å². The molecule has 0 bridgehead atoms. The quantitative estimate of drug-likeness (QED) is 0.394. The first kappa shape index (κ1) is 20.8. The lowest BCUT2D eigenvalue weighted by Crippen LogP contribution is -2.46. The van der Waals surface area contributed by atoms with Gasteiger partial charge in [-0.25, -0.2) is 4.98 Å². The summed E-state index contributed by atoms with van der Waals surface area (Å²) in [6, 6.07) is 2.35. The predicted octanol–water partition coefficient (Wildman–Crippen LogP) is 1.69. The minimum absolute atomic E-state index is 0.104. The number of pyridine rings is 1. The summed E-state index contributed by atoms with van der Waals surface area (Å²) in [5.41, 5.74) is -0.792. The lowest BCUT2D eigenvalue weighted by molar-refractivity contribution is -0.137. The molecule has 150 valence electrons. The fourth-order valence-electron chi connectivity index (χ4n) is 2.85. The lowest BCUT2D eigenvalue weighted by Gasteiger charge is -2.19. The van der Waals surface area contributed by atoms with E-state index in [9.17, 15) is 18.0 Å². The number of rotatable bonds is 6. The van der Waals surface area contributed by atoms with Crippen molar-refractivity contribution in [2.75, 3.05) is 38.5 Å². The number of hydrogen-bond acceptors (Lipinski definition) is 4. The van der Waals surface area contributed by atoms with Crippen molar-refractivity contribution in [1.82, 2.24) is 20.5 Å². The highest BCUT2D eigenvalue weighted by atomic mass is 19.4. The van der Waals surface area contributed by atoms with Gasteiger partial charge < -0.3 is 20.9 Å². The first-order valence-electron chi connectivity index (χ1n) is 8.86. The van der Waals surface area contributed by atoms with Crippen LogP contribution >= 0.6 is 0 Å². The van der Waals surface area contributed by atoms with E-state index in [2.05, 4.69) is 25.9 Å². The summed E-state index contributed by atoms with van der Waals surface area (Å²) in [7, 11) is 1.62. The van der Waals surface area contributed by atoms with Crippen molar-refractivity contribution in [2.24, 2.45) is 4.99 Å². The number of aliphatic imine (C=N–C) groups is 1. The van der Waals surface area contributed by atoms with Crippen molar-refractivity contribution in [1.29, 1.82) is 0 Å². The highest BCUT2D eigenvalue weighted by Gasteiger charge is 2.34. The number of nitrogens with zero attached hydrogens (tertiary/aromatic N) is 3. The molecule has 1 aromatic rings. The van der Waals surface area contributed by atoms with Gasteiger partial charge in [0.2, 0.25) is 5.91 Å². The Kier molecular flexibility index (Phi) is 7.26. The van der Waals surface area contributed by atoms with E-state index in [-0.39, 0.29) is 24.3 Å². The second-order valence-electron chi connectivity index (χ2n) is 6.15. The summed E-state index contributed by atoms with van der Waals surface area (Å²) in [5.74, 6) is 0.478. The largest absolute Gasteiger partial charge is 0.419 e. The number of alkyl halides is 3. The molecule has 3 N–H and O–H groups in total. The Balaban J connectivity index is 1.77. The van der Waals surface area contributed by atoms with Gasteiger partial charge in [0.15, 0.2) is 5.96 Å². The summed E-state index contributed by atoms with van der Waals surface area (Å²) >= 11 is 0. The number of likely N-dealkylation sites (tertiary alicyclic amines) is 1. The molecule has 27 heavy (non-hydrogen) atoms. The van der Waals surface area contributed by atoms with Gasteiger partial charge in [-0.3, -0.25) is 9.79 Å². The van der Waals surface area contributed by atoms with Crippen LogP contribution in [0.5, 0.6) is 0 Å². The minimum Gasteiger partial charge on any atom is -0.368 e. The fourth-order valence-corrected chi connectivity index (χ4v) is 2.85. The normalized spacial score (nSPS) is 17.7. The third-order valence-electron chi connectivity index (χ3n) is 4.23. The Bertz CT molecular complexity index is 664. The molecule has 0 aliphatic carbocycles. The number of carbonyl (C=O) groups is 1. The standard InChI is InChI=1S/C17H25F3N6O/c1-3-14(27)26-10-6-12(11-26)25-16(21-2)24-9-8-23-15-13(17(18,19)20)5-4-7-22-15/h4-5,7,12H,3,6,8-11H2,1-2H3,(H,22,23)(H2,21,24,25). The van der Waals surface area contributed by atoms with Gasteiger partial charge in [0, 0.05) is 51.9 Å². The van der Waals surface area contributed by atoms with Crippen LogP contribution in [0.15, 0.2) is 23.3 Å². The summed E-state index contributed by atoms with van der Waals surface area (Å²) in [5, 5.41) is 8.97. The van der Waals surface area contributed by atoms with E-state index in [0.717, 1.165) is 12.5 Å². The van der Waals surface area contributed by atoms with Gasteiger partial charge in [0.05, 0.1) is 5.56 Å². The van der Waals surface area contributed by atoms with E-state index < -0.39 is 11.7 Å². The molecule has 1 aromatic heterocycles. The molecule has 1 unspecified atom stereocenters. The molecule has 1 aliphatic rings. The zero-order valence-electron chi connectivity index (χ0n) is 15.4. The van der Waals surface area contributed by atoms with Crippen LogP contribution in [-0.2, 0) is 11.0 Å². The molecule has 2 heterocycles. The Morgan fingerprint density at radius 3 is 2.85 bits per heavy atom. The van der Waals surface area contributed by atoms with Crippen molar-refractivity contribution in [3.05, 3.63) is 23.9 Å². The number of halogens is 3. The van der Waals surface area contributed by atoms with Crippen molar-refractivity contribution in [2.45, 2.75) is 32.0 Å². The Morgan fingerprint density at radius 2 is 2.19 bits per heavy atom. The molecule has 1 amide bonds. The number of amides is 1. The maximum atomic E-state index is 12.9. The van der Waals surface area contributed by atoms with Crippen molar-refractivity contribution in [3.63, 3.8) is 0 Å². The zero-order chi connectivity index (χ0) is 19.9. The topological polar surface area (TPSA) is 81.7 Å². The Labute approximate surface area is 156 Å². The Hall–Kier alpha value is -2.52. The van der Waals surface area contributed by atoms with Crippen LogP contribution in [0, 0.1) is 0 Å². The third-order valence-corrected chi connectivity index (χ3v) is 4.23. The van der Waals surface area contributed by atoms with Gasteiger partial charge in [-0.1, -0.05) is 6.92 Å². The predicted molar refractivity (Wildman–Crippen MR) is 97.5 cm³/mol. The highest BCUT2D eigenvalue weighted by Crippen LogP contribution is 2.33. The summed E-state index contributed by atoms with van der Waals surface area (Å²) in [4.78, 5) is 21.4. The van der Waals surface area contributed by atoms with Crippen LogP contribution in [0.25, 0.3) is 0 Å². The second kappa shape index (κ2) is 9.43. The van der Waals surface area contributed by atoms with E-state index in [1.165, 1.54) is 12.3 Å². The van der Waals surface area contributed by atoms with Gasteiger partial charge in [0.25, 0.3) is 0 Å². The molecular weight excluding hydrogens is 361 g/mol. The van der Waals surface area contributed by atoms with Gasteiger partial charge in [0.1, 0.15) is 5.82 Å². The van der Waals surface area contributed by atoms with Crippen LogP contribution in [0.3, 0.4) is 0 Å². The van der Waals surface area contributed by atoms with E-state index >= 15 is 0 Å². The fraction of sp³-hybridized carbons (Fsp3) is 0.588. The lowest BCUT2D eigenvalue weighted by atomic mass is 10.2. The third kappa shape index (κ3) is 6.00. The average Bonchev–Trinajstić information content (AvgIpc) is 3.11. The van der Waals surface area contributed by atoms with Crippen molar-refractivity contribution >= 4 is 17.7 Å². The number of hydrogen-bond donors (Lipinski definition) is 3. The van der Waals surface area contributed by atoms with E-state index in [1.54, 1.807) is 7.05 Å². The van der Waals surface area contributed by atoms with Crippen LogP contribution < -0.4 is 16.0 Å². The molecule has 7 nitrogen and oxygen atoms in total. The summed E-state index contributed by atoms with van der Waals surface area (Å²) < 4.78 is 38.8. The van der Waals surface area contributed by atoms with Gasteiger partial charge in [-0.15, -0.1) is 0 Å². The smallest absolute Gasteiger partial charge is 0.368 e. The number of anilines is 1. The van der Waals surface area contributed by atoms with E-state index in [1.807, 2.05) is 11.8 Å². The average molecular weight is 386 g/mol. The zero-order valence-corrected chi connectivity index (χ0v) is 15.4. The molecule has 1 saturated heterocycles. The van der Waals surface area contributed by atoms with E-state index in [4.69, 9.17) is 0 Å². The molecule has 0 aromatic carbocycles. The second-order valence-corrected chi connectivity index (χ2v) is 6.15.